The number of aliphatic hydroxyl groups excluding tert-OH is 1. The highest BCUT2D eigenvalue weighted by Gasteiger charge is 2.50. The Bertz CT molecular complexity index is 685. The minimum Gasteiger partial charge on any atom is -0.405 e. The summed E-state index contributed by atoms with van der Waals surface area (Å²) >= 11 is 0. The van der Waals surface area contributed by atoms with Gasteiger partial charge in [-0.1, -0.05) is 94.4 Å². The maximum absolute atomic E-state index is 10.7. The van der Waals surface area contributed by atoms with Crippen LogP contribution in [0.25, 0.3) is 0 Å². The zero-order valence-corrected chi connectivity index (χ0v) is 18.8. The molecule has 0 bridgehead atoms. The lowest BCUT2D eigenvalue weighted by Crippen LogP contribution is -2.67. The molecule has 28 heavy (non-hydrogen) atoms. The normalized spacial score (nSPS) is 15.6. The minimum atomic E-state index is -2.64. The van der Waals surface area contributed by atoms with Gasteiger partial charge in [-0.25, -0.2) is 0 Å². The number of hydrogen-bond acceptors (Lipinski definition) is 3. The van der Waals surface area contributed by atoms with E-state index in [4.69, 9.17) is 9.16 Å². The SMILES string of the molecule is C=C[C@@H](C)[C@H](O)[C@H](CO[Si](c1ccccc1)(c1ccccc1)C(C)(C)C)OC. The molecular formula is C24H34O3Si. The summed E-state index contributed by atoms with van der Waals surface area (Å²) in [6.07, 6.45) is 0.662. The first-order valence-corrected chi connectivity index (χ1v) is 11.8. The first kappa shape index (κ1) is 22.6. The van der Waals surface area contributed by atoms with E-state index in [1.165, 1.54) is 10.4 Å². The Hall–Kier alpha value is -1.72. The van der Waals surface area contributed by atoms with Crippen molar-refractivity contribution in [3.05, 3.63) is 73.3 Å². The monoisotopic (exact) mass is 398 g/mol. The molecule has 3 nitrogen and oxygen atoms in total. The van der Waals surface area contributed by atoms with Crippen LogP contribution in [0.3, 0.4) is 0 Å². The standard InChI is InChI=1S/C24H34O3Si/c1-7-19(2)23(25)22(26-6)18-27-28(24(3,4)5,20-14-10-8-11-15-20)21-16-12-9-13-17-21/h7-17,19,22-23,25H,1,18H2,2-6H3/t19-,22+,23+/m1/s1. The Morgan fingerprint density at radius 1 is 1.00 bits per heavy atom. The molecule has 1 N–H and O–H groups in total. The van der Waals surface area contributed by atoms with Gasteiger partial charge >= 0.3 is 0 Å². The van der Waals surface area contributed by atoms with Gasteiger partial charge in [0.25, 0.3) is 8.32 Å². The Kier molecular flexibility index (Phi) is 7.78. The molecule has 2 aromatic rings. The number of benzene rings is 2. The second kappa shape index (κ2) is 9.66. The van der Waals surface area contributed by atoms with E-state index in [0.29, 0.717) is 6.61 Å². The zero-order valence-electron chi connectivity index (χ0n) is 17.8. The molecule has 2 aromatic carbocycles. The number of ether oxygens (including phenoxy) is 1. The molecule has 0 saturated carbocycles. The van der Waals surface area contributed by atoms with Gasteiger partial charge in [0.1, 0.15) is 6.10 Å². The van der Waals surface area contributed by atoms with E-state index in [2.05, 4.69) is 75.9 Å². The van der Waals surface area contributed by atoms with Gasteiger partial charge in [-0.3, -0.25) is 0 Å². The fourth-order valence-electron chi connectivity index (χ4n) is 3.75. The number of hydrogen-bond donors (Lipinski definition) is 1. The van der Waals surface area contributed by atoms with Crippen molar-refractivity contribution in [2.45, 2.75) is 44.9 Å². The van der Waals surface area contributed by atoms with Crippen LogP contribution in [-0.2, 0) is 9.16 Å². The second-order valence-electron chi connectivity index (χ2n) is 8.33. The van der Waals surface area contributed by atoms with Gasteiger partial charge in [0.15, 0.2) is 0 Å². The van der Waals surface area contributed by atoms with Crippen LogP contribution in [0.5, 0.6) is 0 Å². The minimum absolute atomic E-state index is 0.0762. The van der Waals surface area contributed by atoms with Crippen molar-refractivity contribution >= 4 is 18.7 Å². The third kappa shape index (κ3) is 4.63. The second-order valence-corrected chi connectivity index (χ2v) is 12.6. The van der Waals surface area contributed by atoms with Crippen molar-refractivity contribution in [3.8, 4) is 0 Å². The van der Waals surface area contributed by atoms with Crippen LogP contribution >= 0.6 is 0 Å². The van der Waals surface area contributed by atoms with Gasteiger partial charge in [0, 0.05) is 13.0 Å². The summed E-state index contributed by atoms with van der Waals surface area (Å²) in [6.45, 7) is 12.8. The topological polar surface area (TPSA) is 38.7 Å². The third-order valence-corrected chi connectivity index (χ3v) is 10.5. The third-order valence-electron chi connectivity index (χ3n) is 5.48. The van der Waals surface area contributed by atoms with Crippen molar-refractivity contribution in [1.82, 2.24) is 0 Å². The summed E-state index contributed by atoms with van der Waals surface area (Å²) in [5.41, 5.74) is 0. The molecule has 0 heterocycles. The number of rotatable bonds is 9. The molecule has 0 fully saturated rings. The smallest absolute Gasteiger partial charge is 0.261 e. The number of methoxy groups -OCH3 is 1. The summed E-state index contributed by atoms with van der Waals surface area (Å²) in [7, 11) is -1.01. The van der Waals surface area contributed by atoms with E-state index in [1.807, 2.05) is 19.1 Å². The predicted octanol–water partition coefficient (Wildman–Crippen LogP) is 3.76. The van der Waals surface area contributed by atoms with Crippen molar-refractivity contribution in [2.24, 2.45) is 5.92 Å². The molecule has 0 aliphatic heterocycles. The highest BCUT2D eigenvalue weighted by atomic mass is 28.4. The maximum Gasteiger partial charge on any atom is 0.261 e. The predicted molar refractivity (Wildman–Crippen MR) is 120 cm³/mol. The van der Waals surface area contributed by atoms with Gasteiger partial charge in [-0.2, -0.15) is 0 Å². The summed E-state index contributed by atoms with van der Waals surface area (Å²) in [5.74, 6) is -0.0762. The lowest BCUT2D eigenvalue weighted by molar-refractivity contribution is -0.0512. The van der Waals surface area contributed by atoms with Crippen LogP contribution in [0.4, 0.5) is 0 Å². The Morgan fingerprint density at radius 2 is 1.46 bits per heavy atom. The molecule has 0 spiro atoms. The van der Waals surface area contributed by atoms with Gasteiger partial charge in [0.2, 0.25) is 0 Å². The molecule has 4 heteroatoms. The molecule has 0 aromatic heterocycles. The fourth-order valence-corrected chi connectivity index (χ4v) is 8.32. The lowest BCUT2D eigenvalue weighted by Gasteiger charge is -2.44. The van der Waals surface area contributed by atoms with E-state index < -0.39 is 20.5 Å². The lowest BCUT2D eigenvalue weighted by atomic mass is 10.0. The highest BCUT2D eigenvalue weighted by molar-refractivity contribution is 6.99. The molecule has 0 aliphatic rings. The Balaban J connectivity index is 2.51. The first-order valence-electron chi connectivity index (χ1n) is 9.86. The highest BCUT2D eigenvalue weighted by Crippen LogP contribution is 2.37. The Morgan fingerprint density at radius 3 is 1.82 bits per heavy atom. The van der Waals surface area contributed by atoms with E-state index in [-0.39, 0.29) is 11.0 Å². The van der Waals surface area contributed by atoms with E-state index in [9.17, 15) is 5.11 Å². The maximum atomic E-state index is 10.7. The average Bonchev–Trinajstić information content (AvgIpc) is 2.70. The molecular weight excluding hydrogens is 364 g/mol. The van der Waals surface area contributed by atoms with Gasteiger partial charge in [0.05, 0.1) is 12.7 Å². The van der Waals surface area contributed by atoms with Crippen molar-refractivity contribution in [2.75, 3.05) is 13.7 Å². The van der Waals surface area contributed by atoms with E-state index in [0.717, 1.165) is 0 Å². The Labute approximate surface area is 171 Å². The van der Waals surface area contributed by atoms with Crippen molar-refractivity contribution in [3.63, 3.8) is 0 Å². The summed E-state index contributed by atoms with van der Waals surface area (Å²) in [5, 5.41) is 13.0. The summed E-state index contributed by atoms with van der Waals surface area (Å²) in [6, 6.07) is 21.0. The summed E-state index contributed by atoms with van der Waals surface area (Å²) in [4.78, 5) is 0. The molecule has 0 unspecified atom stereocenters. The molecule has 0 aliphatic carbocycles. The molecule has 0 saturated heterocycles. The van der Waals surface area contributed by atoms with Crippen LogP contribution in [0.1, 0.15) is 27.7 Å². The zero-order chi connectivity index (χ0) is 20.8. The van der Waals surface area contributed by atoms with Crippen LogP contribution in [-0.4, -0.2) is 39.3 Å². The van der Waals surface area contributed by atoms with E-state index >= 15 is 0 Å². The van der Waals surface area contributed by atoms with Crippen LogP contribution in [0.2, 0.25) is 5.04 Å². The fraction of sp³-hybridized carbons (Fsp3) is 0.417. The quantitative estimate of drug-likeness (QED) is 0.516. The first-order chi connectivity index (χ1) is 13.3. The molecule has 0 radical (unpaired) electrons. The van der Waals surface area contributed by atoms with Gasteiger partial charge in [-0.05, 0) is 15.4 Å². The largest absolute Gasteiger partial charge is 0.405 e. The van der Waals surface area contributed by atoms with Crippen LogP contribution in [0, 0.1) is 5.92 Å². The molecule has 0 amide bonds. The molecule has 3 atom stereocenters. The number of aliphatic hydroxyl groups is 1. The average molecular weight is 399 g/mol. The van der Waals surface area contributed by atoms with Crippen LogP contribution in [0.15, 0.2) is 73.3 Å². The van der Waals surface area contributed by atoms with E-state index in [1.54, 1.807) is 13.2 Å². The van der Waals surface area contributed by atoms with Gasteiger partial charge in [-0.15, -0.1) is 6.58 Å². The van der Waals surface area contributed by atoms with Crippen molar-refractivity contribution < 1.29 is 14.3 Å². The molecule has 152 valence electrons. The summed E-state index contributed by atoms with van der Waals surface area (Å²) < 4.78 is 12.5. The molecule has 2 rings (SSSR count). The van der Waals surface area contributed by atoms with Gasteiger partial charge < -0.3 is 14.3 Å². The van der Waals surface area contributed by atoms with Crippen LogP contribution < -0.4 is 10.4 Å². The van der Waals surface area contributed by atoms with Crippen molar-refractivity contribution in [1.29, 1.82) is 0 Å².